The largest absolute Gasteiger partial charge is 0.475 e. The molecule has 0 aliphatic rings. The van der Waals surface area contributed by atoms with Crippen molar-refractivity contribution in [1.82, 2.24) is 4.98 Å². The van der Waals surface area contributed by atoms with Crippen molar-refractivity contribution in [3.63, 3.8) is 0 Å². The summed E-state index contributed by atoms with van der Waals surface area (Å²) in [5.74, 6) is 0.621. The molecule has 0 aliphatic heterocycles. The zero-order valence-corrected chi connectivity index (χ0v) is 10.9. The molecule has 0 radical (unpaired) electrons. The number of halogens is 1. The summed E-state index contributed by atoms with van der Waals surface area (Å²) < 4.78 is 11.9. The molecular weight excluding hydrogens is 258 g/mol. The number of ether oxygens (including phenoxy) is 2. The third-order valence-corrected chi connectivity index (χ3v) is 2.04. The lowest BCUT2D eigenvalue weighted by Gasteiger charge is -2.19. The normalized spacial score (nSPS) is 11.5. The maximum Gasteiger partial charge on any atom is 0.213 e. The van der Waals surface area contributed by atoms with E-state index >= 15 is 0 Å². The molecule has 0 aliphatic carbocycles. The summed E-state index contributed by atoms with van der Waals surface area (Å²) in [5.41, 5.74) is -0.115. The highest BCUT2D eigenvalue weighted by Crippen LogP contribution is 2.12. The molecule has 0 aromatic carbocycles. The summed E-state index contributed by atoms with van der Waals surface area (Å²) in [6.07, 6.45) is 1.71. The molecule has 84 valence electrons. The molecule has 3 nitrogen and oxygen atoms in total. The van der Waals surface area contributed by atoms with E-state index in [4.69, 9.17) is 9.47 Å². The van der Waals surface area contributed by atoms with E-state index in [0.29, 0.717) is 19.1 Å². The average molecular weight is 274 g/mol. The van der Waals surface area contributed by atoms with Gasteiger partial charge in [0.2, 0.25) is 5.88 Å². The average Bonchev–Trinajstić information content (AvgIpc) is 2.14. The van der Waals surface area contributed by atoms with E-state index in [1.807, 2.05) is 32.9 Å². The first-order valence-corrected chi connectivity index (χ1v) is 5.65. The van der Waals surface area contributed by atoms with Crippen LogP contribution in [0.2, 0.25) is 0 Å². The van der Waals surface area contributed by atoms with Gasteiger partial charge in [-0.15, -0.1) is 0 Å². The van der Waals surface area contributed by atoms with Crippen LogP contribution in [0.25, 0.3) is 0 Å². The van der Waals surface area contributed by atoms with Crippen molar-refractivity contribution in [3.05, 3.63) is 22.8 Å². The first-order valence-electron chi connectivity index (χ1n) is 4.86. The Kier molecular flexibility index (Phi) is 4.54. The fourth-order valence-corrected chi connectivity index (χ4v) is 1.18. The standard InChI is InChI=1S/C11H16BrNO2/c1-11(2,3)15-7-6-14-10-5-4-9(12)8-13-10/h4-5,8H,6-7H2,1-3H3. The predicted molar refractivity (Wildman–Crippen MR) is 63.1 cm³/mol. The van der Waals surface area contributed by atoms with E-state index in [1.54, 1.807) is 6.20 Å². The van der Waals surface area contributed by atoms with E-state index < -0.39 is 0 Å². The first kappa shape index (κ1) is 12.5. The van der Waals surface area contributed by atoms with Gasteiger partial charge >= 0.3 is 0 Å². The van der Waals surface area contributed by atoms with Crippen LogP contribution in [0.3, 0.4) is 0 Å². The molecule has 0 bridgehead atoms. The Labute approximate surface area is 98.9 Å². The van der Waals surface area contributed by atoms with Crippen LogP contribution in [0.5, 0.6) is 5.88 Å². The predicted octanol–water partition coefficient (Wildman–Crippen LogP) is 3.04. The van der Waals surface area contributed by atoms with Crippen molar-refractivity contribution in [1.29, 1.82) is 0 Å². The van der Waals surface area contributed by atoms with Crippen LogP contribution in [0.1, 0.15) is 20.8 Å². The van der Waals surface area contributed by atoms with Crippen molar-refractivity contribution in [2.24, 2.45) is 0 Å². The van der Waals surface area contributed by atoms with Crippen LogP contribution in [-0.2, 0) is 4.74 Å². The lowest BCUT2D eigenvalue weighted by molar-refractivity contribution is -0.0168. The van der Waals surface area contributed by atoms with Gasteiger partial charge in [0.05, 0.1) is 12.2 Å². The molecule has 0 unspecified atom stereocenters. The quantitative estimate of drug-likeness (QED) is 0.791. The van der Waals surface area contributed by atoms with Gasteiger partial charge in [0.15, 0.2) is 0 Å². The Hall–Kier alpha value is -0.610. The smallest absolute Gasteiger partial charge is 0.213 e. The van der Waals surface area contributed by atoms with Gasteiger partial charge in [-0.2, -0.15) is 0 Å². The zero-order valence-electron chi connectivity index (χ0n) is 9.29. The van der Waals surface area contributed by atoms with Crippen LogP contribution in [0.15, 0.2) is 22.8 Å². The summed E-state index contributed by atoms with van der Waals surface area (Å²) in [6, 6.07) is 3.72. The Morgan fingerprint density at radius 2 is 2.00 bits per heavy atom. The van der Waals surface area contributed by atoms with Crippen molar-refractivity contribution >= 4 is 15.9 Å². The molecule has 0 N–H and O–H groups in total. The maximum absolute atomic E-state index is 5.51. The molecule has 0 spiro atoms. The number of aromatic nitrogens is 1. The molecular formula is C11H16BrNO2. The summed E-state index contributed by atoms with van der Waals surface area (Å²) in [5, 5.41) is 0. The molecule has 0 fully saturated rings. The van der Waals surface area contributed by atoms with Crippen LogP contribution in [0, 0.1) is 0 Å². The lowest BCUT2D eigenvalue weighted by atomic mass is 10.2. The summed E-state index contributed by atoms with van der Waals surface area (Å²) in [7, 11) is 0. The van der Waals surface area contributed by atoms with Crippen LogP contribution >= 0.6 is 15.9 Å². The SMILES string of the molecule is CC(C)(C)OCCOc1ccc(Br)cn1. The molecule has 4 heteroatoms. The third kappa shape index (κ3) is 5.74. The van der Waals surface area contributed by atoms with Gasteiger partial charge in [0.1, 0.15) is 6.61 Å². The van der Waals surface area contributed by atoms with Crippen molar-refractivity contribution in [3.8, 4) is 5.88 Å². The van der Waals surface area contributed by atoms with E-state index in [9.17, 15) is 0 Å². The molecule has 1 heterocycles. The van der Waals surface area contributed by atoms with Gasteiger partial charge in [-0.1, -0.05) is 0 Å². The van der Waals surface area contributed by atoms with E-state index in [-0.39, 0.29) is 5.60 Å². The molecule has 1 aromatic rings. The highest BCUT2D eigenvalue weighted by Gasteiger charge is 2.09. The van der Waals surface area contributed by atoms with E-state index in [2.05, 4.69) is 20.9 Å². The zero-order chi connectivity index (χ0) is 11.3. The third-order valence-electron chi connectivity index (χ3n) is 1.57. The van der Waals surface area contributed by atoms with Gasteiger partial charge in [-0.3, -0.25) is 0 Å². The molecule has 15 heavy (non-hydrogen) atoms. The Bertz CT molecular complexity index is 292. The highest BCUT2D eigenvalue weighted by molar-refractivity contribution is 9.10. The molecule has 0 saturated carbocycles. The Morgan fingerprint density at radius 1 is 1.27 bits per heavy atom. The van der Waals surface area contributed by atoms with Crippen molar-refractivity contribution < 1.29 is 9.47 Å². The van der Waals surface area contributed by atoms with E-state index in [1.165, 1.54) is 0 Å². The molecule has 0 amide bonds. The number of hydrogen-bond donors (Lipinski definition) is 0. The Morgan fingerprint density at radius 3 is 2.53 bits per heavy atom. The summed E-state index contributed by atoms with van der Waals surface area (Å²) in [4.78, 5) is 4.09. The molecule has 0 saturated heterocycles. The minimum atomic E-state index is -0.115. The van der Waals surface area contributed by atoms with Crippen LogP contribution in [-0.4, -0.2) is 23.8 Å². The maximum atomic E-state index is 5.51. The van der Waals surface area contributed by atoms with Crippen LogP contribution < -0.4 is 4.74 Å². The van der Waals surface area contributed by atoms with Gasteiger partial charge in [-0.25, -0.2) is 4.98 Å². The van der Waals surface area contributed by atoms with Crippen molar-refractivity contribution in [2.75, 3.05) is 13.2 Å². The monoisotopic (exact) mass is 273 g/mol. The van der Waals surface area contributed by atoms with Crippen molar-refractivity contribution in [2.45, 2.75) is 26.4 Å². The van der Waals surface area contributed by atoms with Gasteiger partial charge in [0, 0.05) is 16.7 Å². The fourth-order valence-electron chi connectivity index (χ4n) is 0.942. The second-order valence-corrected chi connectivity index (χ2v) is 5.04. The lowest BCUT2D eigenvalue weighted by Crippen LogP contribution is -2.22. The van der Waals surface area contributed by atoms with Gasteiger partial charge in [-0.05, 0) is 42.8 Å². The molecule has 1 aromatic heterocycles. The number of rotatable bonds is 4. The number of pyridine rings is 1. The van der Waals surface area contributed by atoms with Gasteiger partial charge < -0.3 is 9.47 Å². The van der Waals surface area contributed by atoms with Gasteiger partial charge in [0.25, 0.3) is 0 Å². The Balaban J connectivity index is 2.23. The fraction of sp³-hybridized carbons (Fsp3) is 0.545. The highest BCUT2D eigenvalue weighted by atomic mass is 79.9. The molecule has 0 atom stereocenters. The van der Waals surface area contributed by atoms with Crippen LogP contribution in [0.4, 0.5) is 0 Å². The number of nitrogens with zero attached hydrogens (tertiary/aromatic N) is 1. The second kappa shape index (κ2) is 5.47. The summed E-state index contributed by atoms with van der Waals surface area (Å²) >= 11 is 3.31. The first-order chi connectivity index (χ1) is 6.97. The topological polar surface area (TPSA) is 31.4 Å². The molecule has 1 rings (SSSR count). The minimum Gasteiger partial charge on any atom is -0.475 e. The number of hydrogen-bond acceptors (Lipinski definition) is 3. The summed E-state index contributed by atoms with van der Waals surface area (Å²) in [6.45, 7) is 7.15. The second-order valence-electron chi connectivity index (χ2n) is 4.12. The van der Waals surface area contributed by atoms with E-state index in [0.717, 1.165) is 4.47 Å². The minimum absolute atomic E-state index is 0.115.